The van der Waals surface area contributed by atoms with Crippen molar-refractivity contribution >= 4 is 22.9 Å². The summed E-state index contributed by atoms with van der Waals surface area (Å²) >= 11 is 0. The van der Waals surface area contributed by atoms with E-state index in [0.717, 1.165) is 6.42 Å². The topological polar surface area (TPSA) is 86.9 Å². The number of aromatic nitrogens is 2. The summed E-state index contributed by atoms with van der Waals surface area (Å²) in [6, 6.07) is 4.75. The number of nitrogen functional groups attached to an aromatic ring is 1. The standard InChI is InChI=1S/C12H15FN4O/c13-8-4-3-5-9-11(8)16-12(15)17(9)7-2-1-6-10(14)18/h3-5H,1-2,6-7H2,(H2,14,18)(H2,15,16). The van der Waals surface area contributed by atoms with Gasteiger partial charge in [-0.3, -0.25) is 4.79 Å². The maximum Gasteiger partial charge on any atom is 0.217 e. The number of imidazole rings is 1. The zero-order valence-electron chi connectivity index (χ0n) is 9.90. The van der Waals surface area contributed by atoms with Crippen molar-refractivity contribution in [2.45, 2.75) is 25.8 Å². The van der Waals surface area contributed by atoms with Crippen LogP contribution in [-0.2, 0) is 11.3 Å². The van der Waals surface area contributed by atoms with Crippen molar-refractivity contribution in [2.75, 3.05) is 5.73 Å². The van der Waals surface area contributed by atoms with E-state index in [1.807, 2.05) is 0 Å². The second kappa shape index (κ2) is 5.03. The van der Waals surface area contributed by atoms with E-state index in [-0.39, 0.29) is 23.2 Å². The molecule has 0 aliphatic carbocycles. The molecule has 0 radical (unpaired) electrons. The van der Waals surface area contributed by atoms with Crippen molar-refractivity contribution in [1.29, 1.82) is 0 Å². The first-order valence-electron chi connectivity index (χ1n) is 5.78. The van der Waals surface area contributed by atoms with Gasteiger partial charge in [0.15, 0.2) is 5.82 Å². The molecule has 6 heteroatoms. The number of hydrogen-bond acceptors (Lipinski definition) is 3. The Morgan fingerprint density at radius 1 is 1.39 bits per heavy atom. The minimum atomic E-state index is -0.380. The van der Waals surface area contributed by atoms with Crippen molar-refractivity contribution in [1.82, 2.24) is 9.55 Å². The molecule has 1 aromatic heterocycles. The number of carbonyl (C=O) groups is 1. The maximum atomic E-state index is 13.5. The van der Waals surface area contributed by atoms with Crippen LogP contribution in [0.4, 0.5) is 10.3 Å². The van der Waals surface area contributed by atoms with Gasteiger partial charge in [0.2, 0.25) is 11.9 Å². The molecule has 0 fully saturated rings. The summed E-state index contributed by atoms with van der Waals surface area (Å²) in [5, 5.41) is 0. The average molecular weight is 250 g/mol. The molecule has 0 spiro atoms. The summed E-state index contributed by atoms with van der Waals surface area (Å²) in [6.07, 6.45) is 1.78. The number of unbranched alkanes of at least 4 members (excludes halogenated alkanes) is 1. The molecular formula is C12H15FN4O. The summed E-state index contributed by atoms with van der Waals surface area (Å²) in [4.78, 5) is 14.6. The first-order chi connectivity index (χ1) is 8.59. The predicted octanol–water partition coefficient (Wildman–Crippen LogP) is 1.41. The highest BCUT2D eigenvalue weighted by molar-refractivity contribution is 5.78. The zero-order valence-corrected chi connectivity index (χ0v) is 9.90. The number of primary amides is 1. The van der Waals surface area contributed by atoms with Gasteiger partial charge in [-0.25, -0.2) is 9.37 Å². The number of benzene rings is 1. The first kappa shape index (κ1) is 12.3. The molecule has 0 unspecified atom stereocenters. The van der Waals surface area contributed by atoms with E-state index < -0.39 is 0 Å². The predicted molar refractivity (Wildman–Crippen MR) is 67.1 cm³/mol. The minimum absolute atomic E-state index is 0.282. The Morgan fingerprint density at radius 3 is 2.89 bits per heavy atom. The highest BCUT2D eigenvalue weighted by Crippen LogP contribution is 2.21. The van der Waals surface area contributed by atoms with E-state index in [1.165, 1.54) is 6.07 Å². The fraction of sp³-hybridized carbons (Fsp3) is 0.333. The third kappa shape index (κ3) is 2.42. The van der Waals surface area contributed by atoms with Crippen molar-refractivity contribution in [3.63, 3.8) is 0 Å². The maximum absolute atomic E-state index is 13.5. The lowest BCUT2D eigenvalue weighted by Gasteiger charge is -2.05. The lowest BCUT2D eigenvalue weighted by Crippen LogP contribution is -2.10. The Kier molecular flexibility index (Phi) is 3.45. The molecule has 5 nitrogen and oxygen atoms in total. The highest BCUT2D eigenvalue weighted by atomic mass is 19.1. The molecule has 0 bridgehead atoms. The fourth-order valence-electron chi connectivity index (χ4n) is 1.93. The number of nitrogens with two attached hydrogens (primary N) is 2. The van der Waals surface area contributed by atoms with Crippen LogP contribution >= 0.6 is 0 Å². The van der Waals surface area contributed by atoms with E-state index in [9.17, 15) is 9.18 Å². The van der Waals surface area contributed by atoms with E-state index in [4.69, 9.17) is 11.5 Å². The van der Waals surface area contributed by atoms with E-state index in [2.05, 4.69) is 4.98 Å². The highest BCUT2D eigenvalue weighted by Gasteiger charge is 2.10. The lowest BCUT2D eigenvalue weighted by atomic mass is 10.2. The summed E-state index contributed by atoms with van der Waals surface area (Å²) in [6.45, 7) is 0.596. The minimum Gasteiger partial charge on any atom is -0.370 e. The van der Waals surface area contributed by atoms with Crippen LogP contribution in [0.5, 0.6) is 0 Å². The van der Waals surface area contributed by atoms with Crippen LogP contribution in [0.3, 0.4) is 0 Å². The van der Waals surface area contributed by atoms with Crippen molar-refractivity contribution in [3.05, 3.63) is 24.0 Å². The van der Waals surface area contributed by atoms with Gasteiger partial charge < -0.3 is 16.0 Å². The monoisotopic (exact) mass is 250 g/mol. The van der Waals surface area contributed by atoms with Gasteiger partial charge in [0, 0.05) is 13.0 Å². The normalized spacial score (nSPS) is 10.9. The molecule has 18 heavy (non-hydrogen) atoms. The zero-order chi connectivity index (χ0) is 13.1. The second-order valence-corrected chi connectivity index (χ2v) is 4.15. The summed E-state index contributed by atoms with van der Waals surface area (Å²) in [7, 11) is 0. The van der Waals surface area contributed by atoms with Gasteiger partial charge in [-0.2, -0.15) is 0 Å². The van der Waals surface area contributed by atoms with Crippen LogP contribution in [0.25, 0.3) is 11.0 Å². The molecule has 4 N–H and O–H groups in total. The molecule has 1 aromatic carbocycles. The number of amides is 1. The van der Waals surface area contributed by atoms with Crippen LogP contribution in [0.1, 0.15) is 19.3 Å². The van der Waals surface area contributed by atoms with Crippen molar-refractivity contribution in [3.8, 4) is 0 Å². The van der Waals surface area contributed by atoms with Crippen LogP contribution in [0, 0.1) is 5.82 Å². The number of fused-ring (bicyclic) bond motifs is 1. The Bertz CT molecular complexity index is 579. The molecule has 0 saturated carbocycles. The first-order valence-corrected chi connectivity index (χ1v) is 5.78. The largest absolute Gasteiger partial charge is 0.370 e. The smallest absolute Gasteiger partial charge is 0.217 e. The molecule has 2 rings (SSSR count). The van der Waals surface area contributed by atoms with Gasteiger partial charge >= 0.3 is 0 Å². The summed E-state index contributed by atoms with van der Waals surface area (Å²) in [5.74, 6) is -0.409. The number of nitrogens with zero attached hydrogens (tertiary/aromatic N) is 2. The van der Waals surface area contributed by atoms with Crippen LogP contribution in [-0.4, -0.2) is 15.5 Å². The van der Waals surface area contributed by atoms with Gasteiger partial charge in [0.1, 0.15) is 5.52 Å². The number of para-hydroxylation sites is 1. The van der Waals surface area contributed by atoms with Gasteiger partial charge in [-0.15, -0.1) is 0 Å². The Balaban J connectivity index is 2.15. The summed E-state index contributed by atoms with van der Waals surface area (Å²) in [5.41, 5.74) is 11.8. The van der Waals surface area contributed by atoms with Gasteiger partial charge in [0.25, 0.3) is 0 Å². The van der Waals surface area contributed by atoms with Gasteiger partial charge in [-0.1, -0.05) is 6.07 Å². The Morgan fingerprint density at radius 2 is 2.17 bits per heavy atom. The van der Waals surface area contributed by atoms with E-state index in [1.54, 1.807) is 16.7 Å². The van der Waals surface area contributed by atoms with Gasteiger partial charge in [0.05, 0.1) is 5.52 Å². The number of halogens is 1. The molecule has 1 amide bonds. The third-order valence-corrected chi connectivity index (χ3v) is 2.81. The fourth-order valence-corrected chi connectivity index (χ4v) is 1.93. The number of carbonyl (C=O) groups excluding carboxylic acids is 1. The van der Waals surface area contributed by atoms with Crippen molar-refractivity contribution in [2.24, 2.45) is 5.73 Å². The SMILES string of the molecule is NC(=O)CCCCn1c(N)nc2c(F)cccc21. The summed E-state index contributed by atoms with van der Waals surface area (Å²) < 4.78 is 15.2. The lowest BCUT2D eigenvalue weighted by molar-refractivity contribution is -0.118. The molecular weight excluding hydrogens is 235 g/mol. The van der Waals surface area contributed by atoms with E-state index in [0.29, 0.717) is 24.9 Å². The van der Waals surface area contributed by atoms with Crippen LogP contribution < -0.4 is 11.5 Å². The Hall–Kier alpha value is -2.11. The number of hydrogen-bond donors (Lipinski definition) is 2. The third-order valence-electron chi connectivity index (χ3n) is 2.81. The Labute approximate surface area is 104 Å². The number of anilines is 1. The van der Waals surface area contributed by atoms with Gasteiger partial charge in [-0.05, 0) is 25.0 Å². The average Bonchev–Trinajstić information content (AvgIpc) is 2.63. The molecule has 0 aliphatic rings. The van der Waals surface area contributed by atoms with Crippen LogP contribution in [0.2, 0.25) is 0 Å². The molecule has 2 aromatic rings. The molecule has 1 heterocycles. The number of aryl methyl sites for hydroxylation is 1. The van der Waals surface area contributed by atoms with E-state index >= 15 is 0 Å². The molecule has 0 atom stereocenters. The quantitative estimate of drug-likeness (QED) is 0.786. The van der Waals surface area contributed by atoms with Crippen LogP contribution in [0.15, 0.2) is 18.2 Å². The second-order valence-electron chi connectivity index (χ2n) is 4.15. The van der Waals surface area contributed by atoms with Crippen molar-refractivity contribution < 1.29 is 9.18 Å². The molecule has 96 valence electrons. The molecule has 0 saturated heterocycles. The molecule has 0 aliphatic heterocycles. The number of rotatable bonds is 5.